The number of hydrogen-bond donors (Lipinski definition) is 2. The smallest absolute Gasteiger partial charge is 0.320 e. The molecule has 7 heteroatoms. The van der Waals surface area contributed by atoms with Gasteiger partial charge in [-0.25, -0.2) is 9.97 Å². The van der Waals surface area contributed by atoms with Crippen molar-refractivity contribution in [3.8, 4) is 6.01 Å². The maximum atomic E-state index is 11.0. The zero-order valence-electron chi connectivity index (χ0n) is 10.4. The molecule has 0 saturated carbocycles. The Hall–Kier alpha value is -1.34. The van der Waals surface area contributed by atoms with Gasteiger partial charge in [-0.05, 0) is 18.4 Å². The Balaban J connectivity index is 2.47. The minimum atomic E-state index is -0.835. The van der Waals surface area contributed by atoms with Crippen molar-refractivity contribution in [2.24, 2.45) is 0 Å². The Labute approximate surface area is 110 Å². The van der Waals surface area contributed by atoms with E-state index in [4.69, 9.17) is 9.84 Å². The minimum absolute atomic E-state index is 0.302. The van der Waals surface area contributed by atoms with Gasteiger partial charge in [0, 0.05) is 24.5 Å². The van der Waals surface area contributed by atoms with Crippen molar-refractivity contribution in [2.45, 2.75) is 19.0 Å². The first-order valence-corrected chi connectivity index (χ1v) is 6.86. The second kappa shape index (κ2) is 7.88. The lowest BCUT2D eigenvalue weighted by Gasteiger charge is -2.13. The molecule has 0 aromatic carbocycles. The van der Waals surface area contributed by atoms with E-state index >= 15 is 0 Å². The Morgan fingerprint density at radius 1 is 1.56 bits per heavy atom. The summed E-state index contributed by atoms with van der Waals surface area (Å²) in [6.45, 7) is 0.426. The SMILES string of the molecule is COc1ncc(CNC(CCSC)C(=O)O)cn1. The third-order valence-corrected chi connectivity index (χ3v) is 2.97. The van der Waals surface area contributed by atoms with E-state index in [1.54, 1.807) is 24.2 Å². The van der Waals surface area contributed by atoms with Gasteiger partial charge in [0.05, 0.1) is 7.11 Å². The molecule has 0 aliphatic heterocycles. The zero-order chi connectivity index (χ0) is 13.4. The second-order valence-corrected chi connectivity index (χ2v) is 4.62. The van der Waals surface area contributed by atoms with Crippen LogP contribution in [0, 0.1) is 0 Å². The van der Waals surface area contributed by atoms with Crippen molar-refractivity contribution in [3.63, 3.8) is 0 Å². The van der Waals surface area contributed by atoms with E-state index in [9.17, 15) is 4.79 Å². The standard InChI is InChI=1S/C11H17N3O3S/c1-17-11-13-6-8(7-14-11)5-12-9(10(15)16)3-4-18-2/h6-7,9,12H,3-5H2,1-2H3,(H,15,16). The number of hydrogen-bond acceptors (Lipinski definition) is 6. The largest absolute Gasteiger partial charge is 0.480 e. The number of carbonyl (C=O) groups is 1. The first-order valence-electron chi connectivity index (χ1n) is 5.47. The van der Waals surface area contributed by atoms with Crippen LogP contribution in [0.3, 0.4) is 0 Å². The predicted octanol–water partition coefficient (Wildman–Crippen LogP) is 0.781. The third kappa shape index (κ3) is 4.89. The van der Waals surface area contributed by atoms with Crippen molar-refractivity contribution in [1.82, 2.24) is 15.3 Å². The van der Waals surface area contributed by atoms with Crippen molar-refractivity contribution in [2.75, 3.05) is 19.1 Å². The Bertz CT molecular complexity index is 372. The summed E-state index contributed by atoms with van der Waals surface area (Å²) in [5, 5.41) is 12.0. The van der Waals surface area contributed by atoms with Gasteiger partial charge in [-0.3, -0.25) is 4.79 Å². The van der Waals surface area contributed by atoms with Crippen LogP contribution in [0.5, 0.6) is 6.01 Å². The lowest BCUT2D eigenvalue weighted by atomic mass is 10.2. The topological polar surface area (TPSA) is 84.3 Å². The van der Waals surface area contributed by atoms with Crippen molar-refractivity contribution in [1.29, 1.82) is 0 Å². The van der Waals surface area contributed by atoms with E-state index in [1.165, 1.54) is 7.11 Å². The van der Waals surface area contributed by atoms with Crippen LogP contribution < -0.4 is 10.1 Å². The van der Waals surface area contributed by atoms with Gasteiger partial charge in [0.1, 0.15) is 6.04 Å². The molecule has 100 valence electrons. The molecule has 0 bridgehead atoms. The van der Waals surface area contributed by atoms with E-state index < -0.39 is 12.0 Å². The Morgan fingerprint density at radius 3 is 2.72 bits per heavy atom. The summed E-state index contributed by atoms with van der Waals surface area (Å²) >= 11 is 1.63. The van der Waals surface area contributed by atoms with E-state index in [-0.39, 0.29) is 0 Å². The fraction of sp³-hybridized carbons (Fsp3) is 0.545. The average Bonchev–Trinajstić information content (AvgIpc) is 2.39. The zero-order valence-corrected chi connectivity index (χ0v) is 11.2. The number of carboxylic acids is 1. The van der Waals surface area contributed by atoms with Crippen LogP contribution >= 0.6 is 11.8 Å². The quantitative estimate of drug-likeness (QED) is 0.722. The molecule has 18 heavy (non-hydrogen) atoms. The number of aliphatic carboxylic acids is 1. The number of ether oxygens (including phenoxy) is 1. The van der Waals surface area contributed by atoms with E-state index in [0.717, 1.165) is 11.3 Å². The number of aromatic nitrogens is 2. The van der Waals surface area contributed by atoms with E-state index in [1.807, 2.05) is 6.26 Å². The Kier molecular flexibility index (Phi) is 6.45. The molecular formula is C11H17N3O3S. The summed E-state index contributed by atoms with van der Waals surface area (Å²) in [6, 6.07) is -0.240. The van der Waals surface area contributed by atoms with Crippen LogP contribution in [0.25, 0.3) is 0 Å². The number of thioether (sulfide) groups is 1. The second-order valence-electron chi connectivity index (χ2n) is 3.63. The number of rotatable bonds is 8. The maximum Gasteiger partial charge on any atom is 0.320 e. The summed E-state index contributed by atoms with van der Waals surface area (Å²) in [5.74, 6) is -0.0261. The number of nitrogens with zero attached hydrogens (tertiary/aromatic N) is 2. The molecule has 0 spiro atoms. The highest BCUT2D eigenvalue weighted by Crippen LogP contribution is 2.04. The third-order valence-electron chi connectivity index (χ3n) is 2.33. The van der Waals surface area contributed by atoms with Crippen molar-refractivity contribution < 1.29 is 14.6 Å². The van der Waals surface area contributed by atoms with Crippen LogP contribution in [0.15, 0.2) is 12.4 Å². The molecular weight excluding hydrogens is 254 g/mol. The van der Waals surface area contributed by atoms with Crippen LogP contribution in [-0.4, -0.2) is 46.2 Å². The normalized spacial score (nSPS) is 12.1. The number of nitrogens with one attached hydrogen (secondary N) is 1. The molecule has 0 saturated heterocycles. The molecule has 1 atom stereocenters. The molecule has 2 N–H and O–H groups in total. The molecule has 1 heterocycles. The van der Waals surface area contributed by atoms with Gasteiger partial charge in [0.2, 0.25) is 0 Å². The van der Waals surface area contributed by atoms with Crippen molar-refractivity contribution >= 4 is 17.7 Å². The summed E-state index contributed by atoms with van der Waals surface area (Å²) in [6.07, 6.45) is 5.78. The highest BCUT2D eigenvalue weighted by Gasteiger charge is 2.15. The van der Waals surface area contributed by atoms with Gasteiger partial charge in [0.15, 0.2) is 0 Å². The van der Waals surface area contributed by atoms with Gasteiger partial charge in [-0.1, -0.05) is 0 Å². The molecule has 0 amide bonds. The fourth-order valence-electron chi connectivity index (χ4n) is 1.33. The van der Waals surface area contributed by atoms with Crippen LogP contribution in [-0.2, 0) is 11.3 Å². The summed E-state index contributed by atoms with van der Waals surface area (Å²) < 4.78 is 4.85. The van der Waals surface area contributed by atoms with Gasteiger partial charge in [-0.15, -0.1) is 0 Å². The van der Waals surface area contributed by atoms with Crippen molar-refractivity contribution in [3.05, 3.63) is 18.0 Å². The van der Waals surface area contributed by atoms with Gasteiger partial charge >= 0.3 is 12.0 Å². The summed E-state index contributed by atoms with van der Waals surface area (Å²) in [5.41, 5.74) is 0.825. The van der Waals surface area contributed by atoms with Crippen LogP contribution in [0.4, 0.5) is 0 Å². The minimum Gasteiger partial charge on any atom is -0.480 e. The molecule has 1 aromatic heterocycles. The maximum absolute atomic E-state index is 11.0. The summed E-state index contributed by atoms with van der Waals surface area (Å²) in [4.78, 5) is 18.9. The first-order chi connectivity index (χ1) is 8.67. The van der Waals surface area contributed by atoms with Crippen LogP contribution in [0.2, 0.25) is 0 Å². The van der Waals surface area contributed by atoms with E-state index in [2.05, 4.69) is 15.3 Å². The lowest BCUT2D eigenvalue weighted by molar-refractivity contribution is -0.139. The number of methoxy groups -OCH3 is 1. The van der Waals surface area contributed by atoms with Crippen LogP contribution in [0.1, 0.15) is 12.0 Å². The molecule has 0 fully saturated rings. The molecule has 6 nitrogen and oxygen atoms in total. The first kappa shape index (κ1) is 14.7. The van der Waals surface area contributed by atoms with Gasteiger partial charge in [-0.2, -0.15) is 11.8 Å². The highest BCUT2D eigenvalue weighted by molar-refractivity contribution is 7.98. The fourth-order valence-corrected chi connectivity index (χ4v) is 1.80. The monoisotopic (exact) mass is 271 g/mol. The van der Waals surface area contributed by atoms with Gasteiger partial charge in [0.25, 0.3) is 0 Å². The average molecular weight is 271 g/mol. The number of carboxylic acid groups (broad SMARTS) is 1. The molecule has 0 aliphatic carbocycles. The Morgan fingerprint density at radius 2 is 2.22 bits per heavy atom. The molecule has 0 radical (unpaired) electrons. The van der Waals surface area contributed by atoms with E-state index in [0.29, 0.717) is 19.0 Å². The van der Waals surface area contributed by atoms with Gasteiger partial charge < -0.3 is 15.2 Å². The lowest BCUT2D eigenvalue weighted by Crippen LogP contribution is -2.36. The predicted molar refractivity (Wildman–Crippen MR) is 69.8 cm³/mol. The molecule has 1 unspecified atom stereocenters. The summed E-state index contributed by atoms with van der Waals surface area (Å²) in [7, 11) is 1.50. The highest BCUT2D eigenvalue weighted by atomic mass is 32.2. The molecule has 1 aromatic rings. The molecule has 1 rings (SSSR count). The molecule has 0 aliphatic rings.